The average Bonchev–Trinajstić information content (AvgIpc) is 3.43. The number of pyridine rings is 1. The van der Waals surface area contributed by atoms with Gasteiger partial charge in [-0.15, -0.1) is 21.5 Å². The van der Waals surface area contributed by atoms with Gasteiger partial charge in [-0.3, -0.25) is 14.3 Å². The molecule has 1 aromatic carbocycles. The Morgan fingerprint density at radius 2 is 2.03 bits per heavy atom. The first-order valence-corrected chi connectivity index (χ1v) is 13.3. The van der Waals surface area contributed by atoms with Crippen molar-refractivity contribution in [2.24, 2.45) is 5.92 Å². The number of rotatable bonds is 7. The van der Waals surface area contributed by atoms with E-state index in [9.17, 15) is 10.1 Å². The third-order valence-corrected chi connectivity index (χ3v) is 8.18. The van der Waals surface area contributed by atoms with Crippen LogP contribution in [0.1, 0.15) is 34.9 Å². The Morgan fingerprint density at radius 1 is 1.23 bits per heavy atom. The van der Waals surface area contributed by atoms with Gasteiger partial charge in [-0.2, -0.15) is 5.26 Å². The Hall–Kier alpha value is -3.48. The molecule has 0 aliphatic heterocycles. The Kier molecular flexibility index (Phi) is 6.93. The molecule has 3 aromatic heterocycles. The summed E-state index contributed by atoms with van der Waals surface area (Å²) in [5.41, 5.74) is 3.77. The van der Waals surface area contributed by atoms with Crippen LogP contribution in [0, 0.1) is 17.2 Å². The van der Waals surface area contributed by atoms with Crippen molar-refractivity contribution < 1.29 is 4.79 Å². The summed E-state index contributed by atoms with van der Waals surface area (Å²) >= 11 is 2.89. The minimum atomic E-state index is -0.155. The van der Waals surface area contributed by atoms with Crippen LogP contribution in [0.25, 0.3) is 11.4 Å². The molecule has 5 rings (SSSR count). The van der Waals surface area contributed by atoms with Gasteiger partial charge in [0.15, 0.2) is 11.0 Å². The molecular formula is C26H24N6OS2. The summed E-state index contributed by atoms with van der Waals surface area (Å²) in [6.45, 7) is 2.82. The highest BCUT2D eigenvalue weighted by atomic mass is 32.2. The zero-order chi connectivity index (χ0) is 24.2. The van der Waals surface area contributed by atoms with Crippen LogP contribution in [-0.4, -0.2) is 31.4 Å². The molecule has 1 N–H and O–H groups in total. The van der Waals surface area contributed by atoms with Crippen LogP contribution in [0.3, 0.4) is 0 Å². The third-order valence-electron chi connectivity index (χ3n) is 6.05. The molecule has 0 saturated carbocycles. The minimum Gasteiger partial charge on any atom is -0.316 e. The van der Waals surface area contributed by atoms with Crippen LogP contribution in [-0.2, 0) is 24.2 Å². The number of benzene rings is 1. The first-order valence-electron chi connectivity index (χ1n) is 11.5. The van der Waals surface area contributed by atoms with Crippen molar-refractivity contribution in [1.29, 1.82) is 5.26 Å². The maximum Gasteiger partial charge on any atom is 0.235 e. The normalized spacial score (nSPS) is 14.8. The van der Waals surface area contributed by atoms with E-state index >= 15 is 0 Å². The lowest BCUT2D eigenvalue weighted by Gasteiger charge is -2.17. The molecule has 0 fully saturated rings. The van der Waals surface area contributed by atoms with Crippen molar-refractivity contribution in [3.63, 3.8) is 0 Å². The Balaban J connectivity index is 1.34. The van der Waals surface area contributed by atoms with E-state index < -0.39 is 0 Å². The van der Waals surface area contributed by atoms with Crippen LogP contribution in [0.2, 0.25) is 0 Å². The SMILES string of the molecule is CC1CCc2c(sc(NC(=O)CSc3nnc(-c4ccncc4)n3Cc3ccccc3)c2C#N)C1. The molecule has 1 unspecified atom stereocenters. The van der Waals surface area contributed by atoms with Crippen molar-refractivity contribution in [3.8, 4) is 17.5 Å². The second kappa shape index (κ2) is 10.4. The van der Waals surface area contributed by atoms with Crippen LogP contribution >= 0.6 is 23.1 Å². The zero-order valence-corrected chi connectivity index (χ0v) is 20.9. The van der Waals surface area contributed by atoms with Crippen LogP contribution < -0.4 is 5.32 Å². The highest BCUT2D eigenvalue weighted by Gasteiger charge is 2.25. The second-order valence-electron chi connectivity index (χ2n) is 8.62. The Labute approximate surface area is 212 Å². The number of fused-ring (bicyclic) bond motifs is 1. The van der Waals surface area contributed by atoms with Crippen LogP contribution in [0.5, 0.6) is 0 Å². The van der Waals surface area contributed by atoms with Crippen molar-refractivity contribution in [3.05, 3.63) is 76.4 Å². The van der Waals surface area contributed by atoms with Crippen molar-refractivity contribution in [2.75, 3.05) is 11.1 Å². The van der Waals surface area contributed by atoms with Crippen molar-refractivity contribution in [1.82, 2.24) is 19.7 Å². The predicted octanol–water partition coefficient (Wildman–Crippen LogP) is 5.18. The monoisotopic (exact) mass is 500 g/mol. The van der Waals surface area contributed by atoms with Crippen LogP contribution in [0.15, 0.2) is 60.0 Å². The summed E-state index contributed by atoms with van der Waals surface area (Å²) in [4.78, 5) is 18.2. The fourth-order valence-electron chi connectivity index (χ4n) is 4.27. The van der Waals surface area contributed by atoms with Gasteiger partial charge in [-0.25, -0.2) is 0 Å². The molecule has 0 radical (unpaired) electrons. The smallest absolute Gasteiger partial charge is 0.235 e. The number of hydrogen-bond donors (Lipinski definition) is 1. The van der Waals surface area contributed by atoms with E-state index in [1.165, 1.54) is 16.6 Å². The number of carbonyl (C=O) groups is 1. The largest absolute Gasteiger partial charge is 0.316 e. The number of nitrogens with zero attached hydrogens (tertiary/aromatic N) is 5. The number of hydrogen-bond acceptors (Lipinski definition) is 7. The molecule has 0 spiro atoms. The number of amides is 1. The Morgan fingerprint density at radius 3 is 2.80 bits per heavy atom. The standard InChI is InChI=1S/C26H24N6OS2/c1-17-7-8-20-21(14-27)25(35-22(20)13-17)29-23(33)16-34-26-31-30-24(19-9-11-28-12-10-19)32(26)15-18-5-3-2-4-6-18/h2-6,9-12,17H,7-8,13,15-16H2,1H3,(H,29,33). The molecular weight excluding hydrogens is 476 g/mol. The second-order valence-corrected chi connectivity index (χ2v) is 10.7. The Bertz CT molecular complexity index is 1370. The number of anilines is 1. The molecule has 1 aliphatic carbocycles. The number of thioether (sulfide) groups is 1. The molecule has 0 bridgehead atoms. The maximum absolute atomic E-state index is 12.9. The van der Waals surface area contributed by atoms with Gasteiger partial charge >= 0.3 is 0 Å². The molecule has 3 heterocycles. The quantitative estimate of drug-likeness (QED) is 0.351. The topological polar surface area (TPSA) is 96.5 Å². The number of nitrogens with one attached hydrogen (secondary N) is 1. The predicted molar refractivity (Wildman–Crippen MR) is 138 cm³/mol. The van der Waals surface area contributed by atoms with Crippen molar-refractivity contribution in [2.45, 2.75) is 37.9 Å². The first-order chi connectivity index (χ1) is 17.1. The van der Waals surface area contributed by atoms with E-state index in [0.29, 0.717) is 28.2 Å². The van der Waals surface area contributed by atoms with E-state index in [4.69, 9.17) is 0 Å². The molecule has 4 aromatic rings. The van der Waals surface area contributed by atoms with Gasteiger partial charge in [0, 0.05) is 22.8 Å². The third kappa shape index (κ3) is 5.14. The molecule has 35 heavy (non-hydrogen) atoms. The molecule has 1 amide bonds. The van der Waals surface area contributed by atoms with Gasteiger partial charge in [0.25, 0.3) is 0 Å². The summed E-state index contributed by atoms with van der Waals surface area (Å²) in [5.74, 6) is 1.36. The molecule has 176 valence electrons. The first kappa shape index (κ1) is 23.3. The van der Waals surface area contributed by atoms with E-state index in [0.717, 1.165) is 41.8 Å². The number of nitriles is 1. The van der Waals surface area contributed by atoms with E-state index in [1.807, 2.05) is 34.9 Å². The fraction of sp³-hybridized carbons (Fsp3) is 0.269. The van der Waals surface area contributed by atoms with Crippen molar-refractivity contribution >= 4 is 34.0 Å². The van der Waals surface area contributed by atoms with Gasteiger partial charge in [-0.05, 0) is 48.4 Å². The van der Waals surface area contributed by atoms with Crippen LogP contribution in [0.4, 0.5) is 5.00 Å². The lowest BCUT2D eigenvalue weighted by Crippen LogP contribution is -2.15. The number of thiophene rings is 1. The van der Waals surface area contributed by atoms with Gasteiger partial charge in [-0.1, -0.05) is 49.0 Å². The lowest BCUT2D eigenvalue weighted by atomic mass is 9.89. The van der Waals surface area contributed by atoms with Gasteiger partial charge in [0.1, 0.15) is 11.1 Å². The van der Waals surface area contributed by atoms with Gasteiger partial charge in [0.2, 0.25) is 5.91 Å². The van der Waals surface area contributed by atoms with Gasteiger partial charge in [0.05, 0.1) is 17.9 Å². The summed E-state index contributed by atoms with van der Waals surface area (Å²) in [7, 11) is 0. The average molecular weight is 501 g/mol. The molecule has 1 atom stereocenters. The summed E-state index contributed by atoms with van der Waals surface area (Å²) < 4.78 is 2.02. The molecule has 9 heteroatoms. The molecule has 1 aliphatic rings. The summed E-state index contributed by atoms with van der Waals surface area (Å²) in [6.07, 6.45) is 6.41. The minimum absolute atomic E-state index is 0.155. The summed E-state index contributed by atoms with van der Waals surface area (Å²) in [5, 5.41) is 22.8. The van der Waals surface area contributed by atoms with E-state index in [-0.39, 0.29) is 11.7 Å². The van der Waals surface area contributed by atoms with E-state index in [1.54, 1.807) is 23.7 Å². The zero-order valence-electron chi connectivity index (χ0n) is 19.3. The maximum atomic E-state index is 12.9. The van der Waals surface area contributed by atoms with Gasteiger partial charge < -0.3 is 5.32 Å². The number of aromatic nitrogens is 4. The fourth-order valence-corrected chi connectivity index (χ4v) is 6.38. The summed E-state index contributed by atoms with van der Waals surface area (Å²) in [6, 6.07) is 16.2. The molecule has 7 nitrogen and oxygen atoms in total. The lowest BCUT2D eigenvalue weighted by molar-refractivity contribution is -0.113. The molecule has 0 saturated heterocycles. The highest BCUT2D eigenvalue weighted by molar-refractivity contribution is 7.99. The number of carbonyl (C=O) groups excluding carboxylic acids is 1. The highest BCUT2D eigenvalue weighted by Crippen LogP contribution is 2.39. The van der Waals surface area contributed by atoms with E-state index in [2.05, 4.69) is 45.6 Å².